The van der Waals surface area contributed by atoms with Crippen molar-refractivity contribution in [3.05, 3.63) is 59.2 Å². The molecule has 1 unspecified atom stereocenters. The van der Waals surface area contributed by atoms with E-state index in [1.807, 2.05) is 12.4 Å². The van der Waals surface area contributed by atoms with E-state index in [0.29, 0.717) is 5.92 Å². The number of hydrogen-bond donors (Lipinski definition) is 1. The van der Waals surface area contributed by atoms with Crippen LogP contribution in [0.1, 0.15) is 35.4 Å². The summed E-state index contributed by atoms with van der Waals surface area (Å²) in [7, 11) is 0. The molecule has 0 fully saturated rings. The van der Waals surface area contributed by atoms with Crippen LogP contribution in [-0.2, 0) is 13.0 Å². The zero-order valence-corrected chi connectivity index (χ0v) is 10.6. The molecule has 1 aliphatic carbocycles. The highest BCUT2D eigenvalue weighted by molar-refractivity contribution is 5.43. The van der Waals surface area contributed by atoms with Crippen LogP contribution < -0.4 is 5.32 Å². The smallest absolute Gasteiger partial charge is 0.136 e. The summed E-state index contributed by atoms with van der Waals surface area (Å²) in [4.78, 5) is 9.00. The first kappa shape index (κ1) is 11.4. The number of aromatic nitrogens is 2. The molecule has 1 atom stereocenters. The molecule has 3 nitrogen and oxygen atoms in total. The van der Waals surface area contributed by atoms with Gasteiger partial charge in [-0.2, -0.15) is 0 Å². The summed E-state index contributed by atoms with van der Waals surface area (Å²) in [5, 5.41) is 3.28. The SMILES string of the molecule is CCNCc1cnc(C2Cc3ccccc32)nc1. The van der Waals surface area contributed by atoms with E-state index in [2.05, 4.69) is 46.5 Å². The summed E-state index contributed by atoms with van der Waals surface area (Å²) in [6.07, 6.45) is 4.95. The summed E-state index contributed by atoms with van der Waals surface area (Å²) in [6, 6.07) is 8.55. The van der Waals surface area contributed by atoms with E-state index in [1.54, 1.807) is 0 Å². The van der Waals surface area contributed by atoms with Gasteiger partial charge >= 0.3 is 0 Å². The molecule has 0 saturated heterocycles. The van der Waals surface area contributed by atoms with Crippen molar-refractivity contribution in [2.45, 2.75) is 25.8 Å². The van der Waals surface area contributed by atoms with Gasteiger partial charge in [0.15, 0.2) is 0 Å². The Morgan fingerprint density at radius 3 is 2.72 bits per heavy atom. The standard InChI is InChI=1S/C15H17N3/c1-2-16-8-11-9-17-15(18-10-11)14-7-12-5-3-4-6-13(12)14/h3-6,9-10,14,16H,2,7-8H2,1H3. The third-order valence-corrected chi connectivity index (χ3v) is 3.47. The van der Waals surface area contributed by atoms with Gasteiger partial charge in [-0.25, -0.2) is 9.97 Å². The first-order chi connectivity index (χ1) is 8.88. The molecule has 0 aliphatic heterocycles. The largest absolute Gasteiger partial charge is 0.313 e. The van der Waals surface area contributed by atoms with Crippen LogP contribution in [0.25, 0.3) is 0 Å². The maximum Gasteiger partial charge on any atom is 0.136 e. The minimum atomic E-state index is 0.398. The number of benzene rings is 1. The summed E-state index contributed by atoms with van der Waals surface area (Å²) in [6.45, 7) is 3.91. The second kappa shape index (κ2) is 4.86. The van der Waals surface area contributed by atoms with Crippen molar-refractivity contribution in [3.8, 4) is 0 Å². The van der Waals surface area contributed by atoms with Gasteiger partial charge < -0.3 is 5.32 Å². The Balaban J connectivity index is 1.75. The molecule has 1 aromatic heterocycles. The Morgan fingerprint density at radius 2 is 2.00 bits per heavy atom. The third kappa shape index (κ3) is 2.02. The van der Waals surface area contributed by atoms with E-state index >= 15 is 0 Å². The van der Waals surface area contributed by atoms with Crippen LogP contribution in [0.5, 0.6) is 0 Å². The monoisotopic (exact) mass is 239 g/mol. The summed E-state index contributed by atoms with van der Waals surface area (Å²) >= 11 is 0. The van der Waals surface area contributed by atoms with Crippen molar-refractivity contribution in [1.82, 2.24) is 15.3 Å². The molecule has 1 heterocycles. The van der Waals surface area contributed by atoms with Gasteiger partial charge in [-0.05, 0) is 24.1 Å². The highest BCUT2D eigenvalue weighted by Gasteiger charge is 2.28. The van der Waals surface area contributed by atoms with Gasteiger partial charge in [-0.1, -0.05) is 31.2 Å². The van der Waals surface area contributed by atoms with Crippen molar-refractivity contribution in [1.29, 1.82) is 0 Å². The van der Waals surface area contributed by atoms with Gasteiger partial charge in [-0.15, -0.1) is 0 Å². The van der Waals surface area contributed by atoms with E-state index in [9.17, 15) is 0 Å². The van der Waals surface area contributed by atoms with E-state index in [1.165, 1.54) is 11.1 Å². The number of hydrogen-bond acceptors (Lipinski definition) is 3. The normalized spacial score (nSPS) is 17.1. The molecule has 1 aromatic carbocycles. The maximum atomic E-state index is 4.50. The average molecular weight is 239 g/mol. The minimum absolute atomic E-state index is 0.398. The quantitative estimate of drug-likeness (QED) is 0.889. The molecular weight excluding hydrogens is 222 g/mol. The molecule has 0 amide bonds. The molecule has 0 saturated carbocycles. The Kier molecular flexibility index (Phi) is 3.07. The van der Waals surface area contributed by atoms with Gasteiger partial charge in [0, 0.05) is 30.4 Å². The Hall–Kier alpha value is -1.74. The minimum Gasteiger partial charge on any atom is -0.313 e. The lowest BCUT2D eigenvalue weighted by molar-refractivity contribution is 0.652. The predicted molar refractivity (Wildman–Crippen MR) is 71.4 cm³/mol. The van der Waals surface area contributed by atoms with Gasteiger partial charge in [-0.3, -0.25) is 0 Å². The van der Waals surface area contributed by atoms with E-state index in [-0.39, 0.29) is 0 Å². The van der Waals surface area contributed by atoms with Crippen molar-refractivity contribution < 1.29 is 0 Å². The van der Waals surface area contributed by atoms with Crippen molar-refractivity contribution in [3.63, 3.8) is 0 Å². The first-order valence-electron chi connectivity index (χ1n) is 6.48. The van der Waals surface area contributed by atoms with Crippen LogP contribution in [0, 0.1) is 0 Å². The summed E-state index contributed by atoms with van der Waals surface area (Å²) in [5.74, 6) is 1.35. The number of nitrogens with one attached hydrogen (secondary N) is 1. The average Bonchev–Trinajstić information content (AvgIpc) is 2.39. The van der Waals surface area contributed by atoms with Crippen LogP contribution in [-0.4, -0.2) is 16.5 Å². The molecular formula is C15H17N3. The van der Waals surface area contributed by atoms with Crippen molar-refractivity contribution >= 4 is 0 Å². The fraction of sp³-hybridized carbons (Fsp3) is 0.333. The molecule has 0 bridgehead atoms. The third-order valence-electron chi connectivity index (χ3n) is 3.47. The Labute approximate surface area is 107 Å². The lowest BCUT2D eigenvalue weighted by Gasteiger charge is -2.28. The van der Waals surface area contributed by atoms with Crippen LogP contribution in [0.15, 0.2) is 36.7 Å². The molecule has 0 radical (unpaired) electrons. The van der Waals surface area contributed by atoms with E-state index in [0.717, 1.165) is 30.9 Å². The maximum absolute atomic E-state index is 4.50. The molecule has 1 N–H and O–H groups in total. The topological polar surface area (TPSA) is 37.8 Å². The fourth-order valence-corrected chi connectivity index (χ4v) is 2.39. The van der Waals surface area contributed by atoms with Crippen LogP contribution in [0.3, 0.4) is 0 Å². The highest BCUT2D eigenvalue weighted by Crippen LogP contribution is 2.37. The summed E-state index contributed by atoms with van der Waals surface area (Å²) in [5.41, 5.74) is 3.97. The van der Waals surface area contributed by atoms with E-state index in [4.69, 9.17) is 0 Å². The number of rotatable bonds is 4. The van der Waals surface area contributed by atoms with Crippen LogP contribution in [0.2, 0.25) is 0 Å². The van der Waals surface area contributed by atoms with Crippen molar-refractivity contribution in [2.75, 3.05) is 6.54 Å². The molecule has 3 heteroatoms. The second-order valence-electron chi connectivity index (χ2n) is 4.69. The summed E-state index contributed by atoms with van der Waals surface area (Å²) < 4.78 is 0. The second-order valence-corrected chi connectivity index (χ2v) is 4.69. The molecule has 2 aromatic rings. The molecule has 92 valence electrons. The lowest BCUT2D eigenvalue weighted by atomic mass is 9.77. The molecule has 0 spiro atoms. The van der Waals surface area contributed by atoms with Crippen LogP contribution in [0.4, 0.5) is 0 Å². The highest BCUT2D eigenvalue weighted by atomic mass is 14.9. The predicted octanol–water partition coefficient (Wildman–Crippen LogP) is 2.27. The Morgan fingerprint density at radius 1 is 1.22 bits per heavy atom. The Bertz CT molecular complexity index is 534. The van der Waals surface area contributed by atoms with Gasteiger partial charge in [0.1, 0.15) is 5.82 Å². The zero-order chi connectivity index (χ0) is 12.4. The number of fused-ring (bicyclic) bond motifs is 1. The van der Waals surface area contributed by atoms with Crippen molar-refractivity contribution in [2.24, 2.45) is 0 Å². The molecule has 1 aliphatic rings. The van der Waals surface area contributed by atoms with Gasteiger partial charge in [0.25, 0.3) is 0 Å². The van der Waals surface area contributed by atoms with Crippen LogP contribution >= 0.6 is 0 Å². The first-order valence-corrected chi connectivity index (χ1v) is 6.48. The lowest BCUT2D eigenvalue weighted by Crippen LogP contribution is -2.20. The fourth-order valence-electron chi connectivity index (χ4n) is 2.39. The molecule has 3 rings (SSSR count). The molecule has 18 heavy (non-hydrogen) atoms. The van der Waals surface area contributed by atoms with Gasteiger partial charge in [0.05, 0.1) is 0 Å². The van der Waals surface area contributed by atoms with E-state index < -0.39 is 0 Å². The zero-order valence-electron chi connectivity index (χ0n) is 10.6. The number of nitrogens with zero attached hydrogens (tertiary/aromatic N) is 2. The van der Waals surface area contributed by atoms with Gasteiger partial charge in [0.2, 0.25) is 0 Å².